The van der Waals surface area contributed by atoms with Crippen LogP contribution in [0.5, 0.6) is 5.75 Å². The Kier molecular flexibility index (Phi) is 4.11. The molecule has 2 saturated carbocycles. The molecule has 0 aliphatic heterocycles. The molecule has 116 valence electrons. The van der Waals surface area contributed by atoms with Crippen LogP contribution < -0.4 is 10.1 Å². The van der Waals surface area contributed by atoms with Crippen molar-refractivity contribution in [2.75, 3.05) is 6.61 Å². The third-order valence-corrected chi connectivity index (χ3v) is 4.00. The Balaban J connectivity index is 1.66. The Morgan fingerprint density at radius 3 is 2.52 bits per heavy atom. The highest BCUT2D eigenvalue weighted by Gasteiger charge is 2.35. The maximum atomic E-state index is 13.1. The second kappa shape index (κ2) is 5.87. The molecule has 1 aromatic carbocycles. The molecule has 5 heteroatoms. The summed E-state index contributed by atoms with van der Waals surface area (Å²) in [6.07, 6.45) is 1.08. The first kappa shape index (κ1) is 14.7. The van der Waals surface area contributed by atoms with Crippen molar-refractivity contribution in [2.24, 2.45) is 5.92 Å². The Labute approximate surface area is 122 Å². The lowest BCUT2D eigenvalue weighted by Gasteiger charge is -2.15. The lowest BCUT2D eigenvalue weighted by molar-refractivity contribution is -0.139. The van der Waals surface area contributed by atoms with Gasteiger partial charge in [0.05, 0.1) is 12.2 Å². The largest absolute Gasteiger partial charge is 0.493 e. The van der Waals surface area contributed by atoms with Crippen molar-refractivity contribution < 1.29 is 17.9 Å². The van der Waals surface area contributed by atoms with Crippen LogP contribution in [0.25, 0.3) is 0 Å². The molecule has 0 saturated heterocycles. The Morgan fingerprint density at radius 1 is 1.14 bits per heavy atom. The number of ether oxygens (including phenoxy) is 1. The van der Waals surface area contributed by atoms with E-state index in [0.29, 0.717) is 30.7 Å². The molecule has 0 heterocycles. The fourth-order valence-electron chi connectivity index (χ4n) is 2.33. The predicted molar refractivity (Wildman–Crippen MR) is 74.1 cm³/mol. The van der Waals surface area contributed by atoms with Crippen molar-refractivity contribution in [2.45, 2.75) is 50.9 Å². The highest BCUT2D eigenvalue weighted by molar-refractivity contribution is 5.39. The zero-order valence-electron chi connectivity index (χ0n) is 11.9. The van der Waals surface area contributed by atoms with E-state index in [1.807, 2.05) is 0 Å². The second-order valence-electron chi connectivity index (χ2n) is 6.06. The topological polar surface area (TPSA) is 21.3 Å². The minimum Gasteiger partial charge on any atom is -0.493 e. The molecule has 21 heavy (non-hydrogen) atoms. The van der Waals surface area contributed by atoms with E-state index in [1.54, 1.807) is 6.07 Å². The number of alkyl halides is 3. The van der Waals surface area contributed by atoms with Crippen LogP contribution in [-0.2, 0) is 12.7 Å². The minimum atomic E-state index is -4.37. The van der Waals surface area contributed by atoms with Crippen LogP contribution in [0.1, 0.15) is 43.2 Å². The number of benzene rings is 1. The lowest BCUT2D eigenvalue weighted by Crippen LogP contribution is -2.16. The van der Waals surface area contributed by atoms with E-state index in [-0.39, 0.29) is 5.75 Å². The molecule has 0 bridgehead atoms. The number of nitrogens with one attached hydrogen (secondary N) is 1. The van der Waals surface area contributed by atoms with Gasteiger partial charge in [-0.15, -0.1) is 0 Å². The first-order valence-corrected chi connectivity index (χ1v) is 7.58. The summed E-state index contributed by atoms with van der Waals surface area (Å²) in [5.41, 5.74) is -0.00263. The summed E-state index contributed by atoms with van der Waals surface area (Å²) < 4.78 is 44.8. The van der Waals surface area contributed by atoms with Gasteiger partial charge in [-0.2, -0.15) is 13.2 Å². The lowest BCUT2D eigenvalue weighted by atomic mass is 10.1. The first-order chi connectivity index (χ1) is 10.0. The van der Waals surface area contributed by atoms with Gasteiger partial charge >= 0.3 is 6.18 Å². The van der Waals surface area contributed by atoms with Crippen molar-refractivity contribution in [1.82, 2.24) is 5.32 Å². The quantitative estimate of drug-likeness (QED) is 0.817. The first-order valence-electron chi connectivity index (χ1n) is 7.58. The molecular weight excluding hydrogens is 279 g/mol. The highest BCUT2D eigenvalue weighted by atomic mass is 19.4. The van der Waals surface area contributed by atoms with Crippen molar-refractivity contribution >= 4 is 0 Å². The van der Waals surface area contributed by atoms with Crippen LogP contribution in [0.15, 0.2) is 18.2 Å². The van der Waals surface area contributed by atoms with Crippen LogP contribution in [0.4, 0.5) is 13.2 Å². The molecule has 2 fully saturated rings. The zero-order chi connectivity index (χ0) is 14.9. The fourth-order valence-corrected chi connectivity index (χ4v) is 2.33. The van der Waals surface area contributed by atoms with Crippen LogP contribution in [0.3, 0.4) is 0 Å². The molecule has 0 unspecified atom stereocenters. The van der Waals surface area contributed by atoms with Gasteiger partial charge in [-0.25, -0.2) is 0 Å². The van der Waals surface area contributed by atoms with Gasteiger partial charge in [0.2, 0.25) is 0 Å². The maximum Gasteiger partial charge on any atom is 0.419 e. The summed E-state index contributed by atoms with van der Waals surface area (Å²) >= 11 is 0. The molecule has 2 aliphatic carbocycles. The molecule has 1 aromatic rings. The van der Waals surface area contributed by atoms with Gasteiger partial charge in [-0.3, -0.25) is 0 Å². The Morgan fingerprint density at radius 2 is 1.90 bits per heavy atom. The van der Waals surface area contributed by atoms with Gasteiger partial charge in [-0.05, 0) is 42.9 Å². The van der Waals surface area contributed by atoms with Gasteiger partial charge in [0, 0.05) is 12.6 Å². The Bertz CT molecular complexity index is 493. The molecule has 2 aliphatic rings. The van der Waals surface area contributed by atoms with Crippen LogP contribution in [-0.4, -0.2) is 12.6 Å². The summed E-state index contributed by atoms with van der Waals surface area (Å²) in [5.74, 6) is 0.611. The molecule has 1 N–H and O–H groups in total. The Hall–Kier alpha value is -1.23. The summed E-state index contributed by atoms with van der Waals surface area (Å²) in [7, 11) is 0. The number of rotatable bonds is 7. The minimum absolute atomic E-state index is 0.0432. The van der Waals surface area contributed by atoms with Crippen molar-refractivity contribution in [3.8, 4) is 5.75 Å². The summed E-state index contributed by atoms with van der Waals surface area (Å²) in [6.45, 7) is 0.851. The normalized spacial score (nSPS) is 18.8. The average molecular weight is 299 g/mol. The second-order valence-corrected chi connectivity index (χ2v) is 6.06. The number of hydrogen-bond acceptors (Lipinski definition) is 2. The van der Waals surface area contributed by atoms with Gasteiger partial charge in [-0.1, -0.05) is 18.9 Å². The summed E-state index contributed by atoms with van der Waals surface area (Å²) in [6, 6.07) is 4.87. The molecule has 0 spiro atoms. The van der Waals surface area contributed by atoms with Crippen molar-refractivity contribution in [1.29, 1.82) is 0 Å². The predicted octanol–water partition coefficient (Wildman–Crippen LogP) is 4.14. The van der Waals surface area contributed by atoms with Gasteiger partial charge < -0.3 is 10.1 Å². The highest BCUT2D eigenvalue weighted by Crippen LogP contribution is 2.38. The van der Waals surface area contributed by atoms with Crippen LogP contribution in [0.2, 0.25) is 0 Å². The summed E-state index contributed by atoms with van der Waals surface area (Å²) in [5, 5.41) is 3.23. The van der Waals surface area contributed by atoms with Crippen molar-refractivity contribution in [3.63, 3.8) is 0 Å². The third kappa shape index (κ3) is 4.37. The molecule has 0 amide bonds. The van der Waals surface area contributed by atoms with Crippen molar-refractivity contribution in [3.05, 3.63) is 29.3 Å². The molecule has 0 aromatic heterocycles. The SMILES string of the molecule is FC(F)(F)c1cc(CNC2CC2)ccc1OCCC1CC1. The molecule has 0 radical (unpaired) electrons. The standard InChI is InChI=1S/C16H20F3NO/c17-16(18,19)14-9-12(10-20-13-4-5-13)3-6-15(14)21-8-7-11-1-2-11/h3,6,9,11,13,20H,1-2,4-5,7-8,10H2. The van der Waals surface area contributed by atoms with E-state index >= 15 is 0 Å². The van der Waals surface area contributed by atoms with E-state index in [0.717, 1.165) is 19.3 Å². The van der Waals surface area contributed by atoms with Crippen LogP contribution in [0, 0.1) is 5.92 Å². The zero-order valence-corrected chi connectivity index (χ0v) is 11.9. The van der Waals surface area contributed by atoms with E-state index < -0.39 is 11.7 Å². The molecule has 2 nitrogen and oxygen atoms in total. The molecule has 3 rings (SSSR count). The van der Waals surface area contributed by atoms with Gasteiger partial charge in [0.15, 0.2) is 0 Å². The van der Waals surface area contributed by atoms with Crippen LogP contribution >= 0.6 is 0 Å². The molecular formula is C16H20F3NO. The number of halogens is 3. The fraction of sp³-hybridized carbons (Fsp3) is 0.625. The van der Waals surface area contributed by atoms with Gasteiger partial charge in [0.1, 0.15) is 5.75 Å². The van der Waals surface area contributed by atoms with E-state index in [9.17, 15) is 13.2 Å². The van der Waals surface area contributed by atoms with E-state index in [2.05, 4.69) is 5.32 Å². The maximum absolute atomic E-state index is 13.1. The molecule has 0 atom stereocenters. The van der Waals surface area contributed by atoms with Gasteiger partial charge in [0.25, 0.3) is 0 Å². The average Bonchev–Trinajstić information content (AvgIpc) is 3.31. The monoisotopic (exact) mass is 299 g/mol. The third-order valence-electron chi connectivity index (χ3n) is 4.00. The number of hydrogen-bond donors (Lipinski definition) is 1. The van der Waals surface area contributed by atoms with E-state index in [4.69, 9.17) is 4.74 Å². The van der Waals surface area contributed by atoms with E-state index in [1.165, 1.54) is 25.0 Å². The summed E-state index contributed by atoms with van der Waals surface area (Å²) in [4.78, 5) is 0. The smallest absolute Gasteiger partial charge is 0.419 e.